The number of thioether (sulfide) groups is 1. The largest absolute Gasteiger partial charge is 0.375 e. The Balaban J connectivity index is 1.53. The average molecular weight is 465 g/mol. The normalized spacial score (nSPS) is 23.9. The molecule has 0 bridgehead atoms. The fourth-order valence-corrected chi connectivity index (χ4v) is 6.79. The molecule has 0 radical (unpaired) electrons. The lowest BCUT2D eigenvalue weighted by atomic mass is 9.94. The molecule has 0 unspecified atom stereocenters. The zero-order valence-electron chi connectivity index (χ0n) is 19.2. The van der Waals surface area contributed by atoms with Gasteiger partial charge in [-0.15, -0.1) is 0 Å². The van der Waals surface area contributed by atoms with Crippen LogP contribution in [0.25, 0.3) is 10.9 Å². The lowest BCUT2D eigenvalue weighted by molar-refractivity contribution is -0.0705. The monoisotopic (exact) mass is 464 g/mol. The van der Waals surface area contributed by atoms with Crippen LogP contribution in [0.15, 0.2) is 38.8 Å². The number of hydrogen-bond acceptors (Lipinski definition) is 5. The van der Waals surface area contributed by atoms with Crippen molar-refractivity contribution in [2.45, 2.75) is 69.9 Å². The van der Waals surface area contributed by atoms with Crippen LogP contribution >= 0.6 is 11.8 Å². The van der Waals surface area contributed by atoms with Gasteiger partial charge in [0, 0.05) is 18.7 Å². The number of aliphatic imine (C=N–C) groups is 1. The van der Waals surface area contributed by atoms with Gasteiger partial charge in [0.2, 0.25) is 0 Å². The van der Waals surface area contributed by atoms with Crippen molar-refractivity contribution in [3.63, 3.8) is 0 Å². The first kappa shape index (κ1) is 21.0. The van der Waals surface area contributed by atoms with Crippen molar-refractivity contribution in [3.05, 3.63) is 61.7 Å². The van der Waals surface area contributed by atoms with Gasteiger partial charge in [-0.05, 0) is 63.5 Å². The Labute approximate surface area is 195 Å². The number of ether oxygens (including phenoxy) is 1. The number of rotatable bonds is 2. The van der Waals surface area contributed by atoms with E-state index >= 15 is 0 Å². The highest BCUT2D eigenvalue weighted by atomic mass is 32.2. The molecule has 5 heterocycles. The number of aromatic nitrogens is 3. The second kappa shape index (κ2) is 7.46. The number of aryl methyl sites for hydroxylation is 2. The standard InChI is InChI=1S/C25H28N4O3S/c1-14-26-22-19(23(30)27-29(22)17-9-11-32-25(2,3)13-17)21(33-14)18-12-16-7-4-6-15-8-5-10-28(20(15)16)24(18)31/h4,6-7,12,17,21H,5,8-11,13H2,1-3H3,(H,27,30)/t17-,21-/m0/s1. The lowest BCUT2D eigenvalue weighted by Crippen LogP contribution is -2.35. The molecule has 6 rings (SSSR count). The van der Waals surface area contributed by atoms with E-state index in [1.54, 1.807) is 0 Å². The Kier molecular flexibility index (Phi) is 4.75. The van der Waals surface area contributed by atoms with Crippen LogP contribution in [0.3, 0.4) is 0 Å². The number of pyridine rings is 1. The lowest BCUT2D eigenvalue weighted by Gasteiger charge is -2.36. The summed E-state index contributed by atoms with van der Waals surface area (Å²) in [7, 11) is 0. The van der Waals surface area contributed by atoms with Gasteiger partial charge < -0.3 is 9.30 Å². The molecule has 2 aromatic heterocycles. The van der Waals surface area contributed by atoms with Gasteiger partial charge >= 0.3 is 0 Å². The van der Waals surface area contributed by atoms with Crippen molar-refractivity contribution in [1.29, 1.82) is 0 Å². The molecule has 0 saturated carbocycles. The van der Waals surface area contributed by atoms with Gasteiger partial charge in [0.25, 0.3) is 11.1 Å². The van der Waals surface area contributed by atoms with E-state index < -0.39 is 0 Å². The SMILES string of the molecule is CC1=Nc2c(c(=O)[nH]n2[C@H]2CCOC(C)(C)C2)[C@H](c2cc3cccc4c3n(c2=O)CCC4)S1. The molecule has 0 aliphatic carbocycles. The Bertz CT molecular complexity index is 1430. The molecular weight excluding hydrogens is 436 g/mol. The van der Waals surface area contributed by atoms with E-state index in [9.17, 15) is 9.59 Å². The topological polar surface area (TPSA) is 81.4 Å². The van der Waals surface area contributed by atoms with Gasteiger partial charge in [-0.2, -0.15) is 0 Å². The van der Waals surface area contributed by atoms with Gasteiger partial charge in [-0.1, -0.05) is 30.0 Å². The molecule has 172 valence electrons. The summed E-state index contributed by atoms with van der Waals surface area (Å²) in [5.74, 6) is 0.663. The predicted molar refractivity (Wildman–Crippen MR) is 132 cm³/mol. The van der Waals surface area contributed by atoms with E-state index in [-0.39, 0.29) is 28.0 Å². The number of aromatic amines is 1. The third-order valence-corrected chi connectivity index (χ3v) is 8.28. The fourth-order valence-electron chi connectivity index (χ4n) is 5.69. The van der Waals surface area contributed by atoms with Crippen LogP contribution in [0.5, 0.6) is 0 Å². The maximum absolute atomic E-state index is 13.7. The maximum atomic E-state index is 13.7. The number of nitrogens with zero attached hydrogens (tertiary/aromatic N) is 3. The molecule has 1 fully saturated rings. The van der Waals surface area contributed by atoms with Crippen LogP contribution in [0.1, 0.15) is 68.0 Å². The molecule has 3 aromatic rings. The predicted octanol–water partition coefficient (Wildman–Crippen LogP) is 4.45. The Hall–Kier alpha value is -2.58. The number of H-pyrrole nitrogens is 1. The van der Waals surface area contributed by atoms with Crippen molar-refractivity contribution in [1.82, 2.24) is 14.3 Å². The van der Waals surface area contributed by atoms with Gasteiger partial charge in [0.1, 0.15) is 0 Å². The van der Waals surface area contributed by atoms with Gasteiger partial charge in [-0.25, -0.2) is 4.99 Å². The molecule has 1 saturated heterocycles. The van der Waals surface area contributed by atoms with E-state index in [2.05, 4.69) is 37.1 Å². The van der Waals surface area contributed by atoms with E-state index in [0.29, 0.717) is 30.1 Å². The Morgan fingerprint density at radius 1 is 1.27 bits per heavy atom. The van der Waals surface area contributed by atoms with Crippen LogP contribution in [0.2, 0.25) is 0 Å². The van der Waals surface area contributed by atoms with Gasteiger partial charge in [0.15, 0.2) is 5.82 Å². The van der Waals surface area contributed by atoms with Crippen molar-refractivity contribution < 1.29 is 4.74 Å². The number of nitrogens with one attached hydrogen (secondary N) is 1. The summed E-state index contributed by atoms with van der Waals surface area (Å²) >= 11 is 1.50. The molecule has 1 aromatic carbocycles. The number of benzene rings is 1. The zero-order valence-corrected chi connectivity index (χ0v) is 20.0. The van der Waals surface area contributed by atoms with Crippen LogP contribution in [-0.4, -0.2) is 31.6 Å². The first-order valence-electron chi connectivity index (χ1n) is 11.7. The third kappa shape index (κ3) is 3.34. The molecule has 3 aliphatic rings. The molecule has 2 atom stereocenters. The minimum absolute atomic E-state index is 0.00662. The first-order chi connectivity index (χ1) is 15.8. The van der Waals surface area contributed by atoms with Crippen LogP contribution < -0.4 is 11.1 Å². The maximum Gasteiger partial charge on any atom is 0.271 e. The number of fused-ring (bicyclic) bond motifs is 1. The Morgan fingerprint density at radius 3 is 2.94 bits per heavy atom. The minimum Gasteiger partial charge on any atom is -0.375 e. The summed E-state index contributed by atoms with van der Waals surface area (Å²) in [6.45, 7) is 7.47. The van der Waals surface area contributed by atoms with Crippen molar-refractivity contribution >= 4 is 33.5 Å². The van der Waals surface area contributed by atoms with E-state index in [1.165, 1.54) is 17.3 Å². The molecular formula is C25H28N4O3S. The van der Waals surface area contributed by atoms with Crippen molar-refractivity contribution in [3.8, 4) is 0 Å². The summed E-state index contributed by atoms with van der Waals surface area (Å²) in [6, 6.07) is 8.34. The third-order valence-electron chi connectivity index (χ3n) is 7.12. The summed E-state index contributed by atoms with van der Waals surface area (Å²) in [4.78, 5) is 31.8. The van der Waals surface area contributed by atoms with Crippen molar-refractivity contribution in [2.75, 3.05) is 6.61 Å². The average Bonchev–Trinajstić information content (AvgIpc) is 3.11. The first-order valence-corrected chi connectivity index (χ1v) is 12.6. The second-order valence-electron chi connectivity index (χ2n) is 9.95. The highest BCUT2D eigenvalue weighted by Gasteiger charge is 2.37. The summed E-state index contributed by atoms with van der Waals surface area (Å²) in [5, 5.41) is 4.61. The smallest absolute Gasteiger partial charge is 0.271 e. The highest BCUT2D eigenvalue weighted by molar-refractivity contribution is 8.14. The summed E-state index contributed by atoms with van der Waals surface area (Å²) in [5.41, 5.74) is 3.12. The quantitative estimate of drug-likeness (QED) is 0.607. The molecule has 1 N–H and O–H groups in total. The van der Waals surface area contributed by atoms with Gasteiger partial charge in [0.05, 0.1) is 33.0 Å². The van der Waals surface area contributed by atoms with Crippen LogP contribution in [0, 0.1) is 0 Å². The minimum atomic E-state index is -0.374. The van der Waals surface area contributed by atoms with E-state index in [1.807, 2.05) is 22.2 Å². The van der Waals surface area contributed by atoms with Crippen LogP contribution in [-0.2, 0) is 17.7 Å². The molecule has 8 heteroatoms. The molecule has 33 heavy (non-hydrogen) atoms. The van der Waals surface area contributed by atoms with E-state index in [4.69, 9.17) is 9.73 Å². The fraction of sp³-hybridized carbons (Fsp3) is 0.480. The Morgan fingerprint density at radius 2 is 2.12 bits per heavy atom. The number of hydrogen-bond donors (Lipinski definition) is 1. The number of para-hydroxylation sites is 1. The van der Waals surface area contributed by atoms with Gasteiger partial charge in [-0.3, -0.25) is 19.4 Å². The molecule has 0 spiro atoms. The van der Waals surface area contributed by atoms with Crippen molar-refractivity contribution in [2.24, 2.45) is 4.99 Å². The second-order valence-corrected chi connectivity index (χ2v) is 11.2. The molecule has 7 nitrogen and oxygen atoms in total. The summed E-state index contributed by atoms with van der Waals surface area (Å²) in [6.07, 6.45) is 3.56. The van der Waals surface area contributed by atoms with E-state index in [0.717, 1.165) is 41.6 Å². The molecule has 0 amide bonds. The zero-order chi connectivity index (χ0) is 22.9. The molecule has 3 aliphatic heterocycles. The highest BCUT2D eigenvalue weighted by Crippen LogP contribution is 2.45. The summed E-state index contributed by atoms with van der Waals surface area (Å²) < 4.78 is 9.73. The van der Waals surface area contributed by atoms with Crippen LogP contribution in [0.4, 0.5) is 5.82 Å².